The maximum atomic E-state index is 9.32. The van der Waals surface area contributed by atoms with Gasteiger partial charge < -0.3 is 5.32 Å². The van der Waals surface area contributed by atoms with Crippen molar-refractivity contribution >= 4 is 17.4 Å². The summed E-state index contributed by atoms with van der Waals surface area (Å²) >= 11 is 1.63. The molecule has 3 unspecified atom stereocenters. The van der Waals surface area contributed by atoms with Crippen molar-refractivity contribution < 1.29 is 0 Å². The van der Waals surface area contributed by atoms with Crippen molar-refractivity contribution in [3.63, 3.8) is 0 Å². The highest BCUT2D eigenvalue weighted by Crippen LogP contribution is 2.35. The summed E-state index contributed by atoms with van der Waals surface area (Å²) in [6.45, 7) is 4.62. The fourth-order valence-electron chi connectivity index (χ4n) is 2.70. The molecule has 0 spiro atoms. The maximum Gasteiger partial charge on any atom is 0.102 e. The van der Waals surface area contributed by atoms with Crippen molar-refractivity contribution in [2.24, 2.45) is 11.8 Å². The summed E-state index contributed by atoms with van der Waals surface area (Å²) in [6.07, 6.45) is 4.50. The van der Waals surface area contributed by atoms with E-state index < -0.39 is 0 Å². The van der Waals surface area contributed by atoms with Crippen molar-refractivity contribution in [2.75, 3.05) is 11.6 Å². The van der Waals surface area contributed by atoms with Crippen LogP contribution in [-0.2, 0) is 0 Å². The van der Waals surface area contributed by atoms with Crippen LogP contribution in [0, 0.1) is 23.2 Å². The quantitative estimate of drug-likeness (QED) is 0.830. The molecule has 2 nitrogen and oxygen atoms in total. The van der Waals surface area contributed by atoms with E-state index in [1.807, 2.05) is 24.5 Å². The molecule has 0 aromatic heterocycles. The monoisotopic (exact) mass is 260 g/mol. The predicted octanol–water partition coefficient (Wildman–Crippen LogP) is 4.13. The van der Waals surface area contributed by atoms with E-state index in [9.17, 15) is 5.26 Å². The first-order valence-corrected chi connectivity index (χ1v) is 7.73. The Morgan fingerprint density at radius 2 is 2.11 bits per heavy atom. The Bertz CT molecular complexity index is 464. The molecule has 0 aliphatic heterocycles. The third-order valence-electron chi connectivity index (χ3n) is 4.16. The van der Waals surface area contributed by atoms with Crippen LogP contribution < -0.4 is 5.32 Å². The summed E-state index contributed by atoms with van der Waals surface area (Å²) in [4.78, 5) is 1.06. The SMILES string of the molecule is CSc1cccc(NC2CCC(C)C2C)c1C#N. The first-order chi connectivity index (χ1) is 8.67. The number of anilines is 1. The number of hydrogen-bond donors (Lipinski definition) is 1. The number of rotatable bonds is 3. The van der Waals surface area contributed by atoms with Crippen molar-refractivity contribution in [1.29, 1.82) is 5.26 Å². The molecule has 3 atom stereocenters. The van der Waals surface area contributed by atoms with E-state index in [0.29, 0.717) is 12.0 Å². The topological polar surface area (TPSA) is 35.8 Å². The Balaban J connectivity index is 2.22. The summed E-state index contributed by atoms with van der Waals surface area (Å²) in [5.41, 5.74) is 1.78. The molecular weight excluding hydrogens is 240 g/mol. The third-order valence-corrected chi connectivity index (χ3v) is 4.94. The van der Waals surface area contributed by atoms with Gasteiger partial charge in [-0.3, -0.25) is 0 Å². The molecule has 0 amide bonds. The standard InChI is InChI=1S/C15H20N2S/c1-10-7-8-13(11(10)2)17-14-5-4-6-15(18-3)12(14)9-16/h4-6,10-11,13,17H,7-8H2,1-3H3. The van der Waals surface area contributed by atoms with Crippen LogP contribution in [0.5, 0.6) is 0 Å². The van der Waals surface area contributed by atoms with E-state index in [0.717, 1.165) is 22.1 Å². The van der Waals surface area contributed by atoms with Crippen molar-refractivity contribution in [3.05, 3.63) is 23.8 Å². The van der Waals surface area contributed by atoms with Crippen LogP contribution in [0.25, 0.3) is 0 Å². The highest BCUT2D eigenvalue weighted by Gasteiger charge is 2.30. The molecule has 0 radical (unpaired) electrons. The summed E-state index contributed by atoms with van der Waals surface area (Å²) < 4.78 is 0. The molecule has 0 bridgehead atoms. The van der Waals surface area contributed by atoms with Crippen molar-refractivity contribution in [3.8, 4) is 6.07 Å². The largest absolute Gasteiger partial charge is 0.381 e. The van der Waals surface area contributed by atoms with E-state index >= 15 is 0 Å². The average Bonchev–Trinajstić information content (AvgIpc) is 2.70. The molecule has 18 heavy (non-hydrogen) atoms. The first-order valence-electron chi connectivity index (χ1n) is 6.51. The normalized spacial score (nSPS) is 26.9. The zero-order chi connectivity index (χ0) is 13.1. The number of nitriles is 1. The molecule has 1 aliphatic carbocycles. The van der Waals surface area contributed by atoms with Gasteiger partial charge in [0.1, 0.15) is 6.07 Å². The van der Waals surface area contributed by atoms with Crippen LogP contribution in [0.3, 0.4) is 0 Å². The molecular formula is C15H20N2S. The predicted molar refractivity (Wildman–Crippen MR) is 77.9 cm³/mol. The van der Waals surface area contributed by atoms with Gasteiger partial charge in [0.2, 0.25) is 0 Å². The average molecular weight is 260 g/mol. The van der Waals surface area contributed by atoms with Crippen LogP contribution in [-0.4, -0.2) is 12.3 Å². The Morgan fingerprint density at radius 1 is 1.33 bits per heavy atom. The second kappa shape index (κ2) is 5.67. The first kappa shape index (κ1) is 13.3. The molecule has 3 heteroatoms. The van der Waals surface area contributed by atoms with E-state index in [2.05, 4.69) is 25.2 Å². The van der Waals surface area contributed by atoms with Crippen LogP contribution in [0.2, 0.25) is 0 Å². The van der Waals surface area contributed by atoms with Gasteiger partial charge in [0, 0.05) is 10.9 Å². The summed E-state index contributed by atoms with van der Waals surface area (Å²) in [5.74, 6) is 1.45. The van der Waals surface area contributed by atoms with E-state index in [-0.39, 0.29) is 0 Å². The second-order valence-corrected chi connectivity index (χ2v) is 6.01. The minimum atomic E-state index is 0.504. The van der Waals surface area contributed by atoms with Crippen molar-refractivity contribution in [2.45, 2.75) is 37.6 Å². The fourth-order valence-corrected chi connectivity index (χ4v) is 3.28. The van der Waals surface area contributed by atoms with Gasteiger partial charge in [-0.15, -0.1) is 11.8 Å². The number of nitrogens with zero attached hydrogens (tertiary/aromatic N) is 1. The lowest BCUT2D eigenvalue weighted by atomic mass is 9.97. The molecule has 0 saturated heterocycles. The minimum absolute atomic E-state index is 0.504. The van der Waals surface area contributed by atoms with Gasteiger partial charge in [0.05, 0.1) is 11.3 Å². The van der Waals surface area contributed by atoms with Gasteiger partial charge in [0.25, 0.3) is 0 Å². The molecule has 1 aromatic rings. The Hall–Kier alpha value is -1.14. The van der Waals surface area contributed by atoms with Crippen molar-refractivity contribution in [1.82, 2.24) is 0 Å². The molecule has 1 fully saturated rings. The third kappa shape index (κ3) is 2.49. The minimum Gasteiger partial charge on any atom is -0.381 e. The second-order valence-electron chi connectivity index (χ2n) is 5.16. The zero-order valence-electron chi connectivity index (χ0n) is 11.2. The van der Waals surface area contributed by atoms with E-state index in [1.54, 1.807) is 11.8 Å². The molecule has 1 aliphatic rings. The lowest BCUT2D eigenvalue weighted by molar-refractivity contribution is 0.435. The lowest BCUT2D eigenvalue weighted by Crippen LogP contribution is -2.24. The fraction of sp³-hybridized carbons (Fsp3) is 0.533. The lowest BCUT2D eigenvalue weighted by Gasteiger charge is -2.22. The molecule has 1 saturated carbocycles. The Morgan fingerprint density at radius 3 is 2.67 bits per heavy atom. The van der Waals surface area contributed by atoms with Gasteiger partial charge >= 0.3 is 0 Å². The van der Waals surface area contributed by atoms with Gasteiger partial charge in [-0.1, -0.05) is 19.9 Å². The highest BCUT2D eigenvalue weighted by molar-refractivity contribution is 7.98. The maximum absolute atomic E-state index is 9.32. The molecule has 1 N–H and O–H groups in total. The van der Waals surface area contributed by atoms with Gasteiger partial charge in [-0.25, -0.2) is 0 Å². The van der Waals surface area contributed by atoms with Crippen LogP contribution in [0.4, 0.5) is 5.69 Å². The Labute approximate surface area is 114 Å². The zero-order valence-corrected chi connectivity index (χ0v) is 12.1. The Kier molecular flexibility index (Phi) is 4.19. The van der Waals surface area contributed by atoms with Gasteiger partial charge in [-0.2, -0.15) is 5.26 Å². The van der Waals surface area contributed by atoms with Gasteiger partial charge in [-0.05, 0) is 43.1 Å². The summed E-state index contributed by atoms with van der Waals surface area (Å²) in [5, 5.41) is 12.9. The van der Waals surface area contributed by atoms with Crippen LogP contribution >= 0.6 is 11.8 Å². The van der Waals surface area contributed by atoms with E-state index in [4.69, 9.17) is 0 Å². The van der Waals surface area contributed by atoms with Crippen LogP contribution in [0.15, 0.2) is 23.1 Å². The highest BCUT2D eigenvalue weighted by atomic mass is 32.2. The number of hydrogen-bond acceptors (Lipinski definition) is 3. The van der Waals surface area contributed by atoms with Gasteiger partial charge in [0.15, 0.2) is 0 Å². The molecule has 2 rings (SSSR count). The van der Waals surface area contributed by atoms with E-state index in [1.165, 1.54) is 12.8 Å². The summed E-state index contributed by atoms with van der Waals surface area (Å²) in [7, 11) is 0. The summed E-state index contributed by atoms with van der Waals surface area (Å²) in [6, 6.07) is 8.89. The molecule has 96 valence electrons. The molecule has 0 heterocycles. The number of benzene rings is 1. The molecule has 1 aromatic carbocycles. The number of nitrogens with one attached hydrogen (secondary N) is 1. The number of thioether (sulfide) groups is 1. The smallest absolute Gasteiger partial charge is 0.102 e. The van der Waals surface area contributed by atoms with Crippen LogP contribution in [0.1, 0.15) is 32.3 Å².